The molecule has 1 aliphatic heterocycles. The van der Waals surface area contributed by atoms with E-state index in [-0.39, 0.29) is 36.9 Å². The number of hydrogen-bond donors (Lipinski definition) is 5. The second kappa shape index (κ2) is 7.17. The monoisotopic (exact) mass is 261 g/mol. The molecule has 0 aromatic rings. The standard InChI is InChI=1S/C8H15NO5S.Na.H/c1-3(11)9-5-7(13)6(12)4(2-10)14-8(5)15;;/h4-8,10,12-13,15H,2H2,1H3,(H,9,11);;/q;+1;-1/t4-,5-,6+,7-,8+;;/m1../s1. The first kappa shape index (κ1) is 16.7. The second-order valence-corrected chi connectivity index (χ2v) is 3.96. The van der Waals surface area contributed by atoms with Gasteiger partial charge >= 0.3 is 29.6 Å². The molecule has 16 heavy (non-hydrogen) atoms. The summed E-state index contributed by atoms with van der Waals surface area (Å²) < 4.78 is 5.12. The van der Waals surface area contributed by atoms with Gasteiger partial charge in [0.25, 0.3) is 0 Å². The number of carbonyl (C=O) groups excluding carboxylic acids is 1. The van der Waals surface area contributed by atoms with Gasteiger partial charge in [0.05, 0.1) is 12.6 Å². The molecule has 1 rings (SSSR count). The van der Waals surface area contributed by atoms with Crippen molar-refractivity contribution in [3.8, 4) is 0 Å². The molecule has 0 bridgehead atoms. The molecule has 0 aliphatic carbocycles. The fourth-order valence-electron chi connectivity index (χ4n) is 1.49. The van der Waals surface area contributed by atoms with E-state index in [0.717, 1.165) is 0 Å². The van der Waals surface area contributed by atoms with Crippen LogP contribution in [-0.2, 0) is 9.53 Å². The van der Waals surface area contributed by atoms with Crippen LogP contribution in [0, 0.1) is 0 Å². The molecule has 0 aromatic carbocycles. The van der Waals surface area contributed by atoms with Gasteiger partial charge in [0.2, 0.25) is 5.91 Å². The van der Waals surface area contributed by atoms with Crippen LogP contribution in [0.1, 0.15) is 8.35 Å². The molecule has 1 amide bonds. The summed E-state index contributed by atoms with van der Waals surface area (Å²) in [7, 11) is 0. The van der Waals surface area contributed by atoms with Gasteiger partial charge in [0.15, 0.2) is 0 Å². The Hall–Kier alpha value is 0.660. The average Bonchev–Trinajstić information content (AvgIpc) is 2.18. The number of thiol groups is 1. The van der Waals surface area contributed by atoms with Gasteiger partial charge < -0.3 is 26.8 Å². The van der Waals surface area contributed by atoms with Crippen molar-refractivity contribution in [2.75, 3.05) is 6.61 Å². The molecule has 0 aromatic heterocycles. The Balaban J connectivity index is 0. The normalized spacial score (nSPS) is 38.7. The molecule has 1 heterocycles. The van der Waals surface area contributed by atoms with E-state index < -0.39 is 36.4 Å². The summed E-state index contributed by atoms with van der Waals surface area (Å²) in [5.41, 5.74) is -0.760. The topological polar surface area (TPSA) is 99.0 Å². The number of hydrogen-bond acceptors (Lipinski definition) is 6. The molecule has 1 saturated heterocycles. The molecule has 0 spiro atoms. The van der Waals surface area contributed by atoms with Crippen LogP contribution in [0.25, 0.3) is 0 Å². The van der Waals surface area contributed by atoms with Crippen molar-refractivity contribution >= 4 is 18.5 Å². The van der Waals surface area contributed by atoms with Gasteiger partial charge in [0, 0.05) is 6.92 Å². The van der Waals surface area contributed by atoms with Crippen molar-refractivity contribution in [1.82, 2.24) is 5.32 Å². The zero-order valence-electron chi connectivity index (χ0n) is 10.2. The molecule has 8 heteroatoms. The number of carbonyl (C=O) groups is 1. The van der Waals surface area contributed by atoms with Gasteiger partial charge in [-0.2, -0.15) is 0 Å². The fourth-order valence-corrected chi connectivity index (χ4v) is 1.89. The van der Waals surface area contributed by atoms with Crippen LogP contribution in [0.5, 0.6) is 0 Å². The maximum Gasteiger partial charge on any atom is 1.00 e. The van der Waals surface area contributed by atoms with Crippen molar-refractivity contribution < 1.29 is 55.8 Å². The fraction of sp³-hybridized carbons (Fsp3) is 0.875. The maximum atomic E-state index is 10.8. The van der Waals surface area contributed by atoms with Crippen LogP contribution >= 0.6 is 12.6 Å². The summed E-state index contributed by atoms with van der Waals surface area (Å²) in [4.78, 5) is 10.8. The first-order chi connectivity index (χ1) is 6.97. The largest absolute Gasteiger partial charge is 1.00 e. The SMILES string of the molecule is CC(=O)N[C@@H]1[C@@H](O)[C@@H](O)[C@@H](CO)O[C@H]1S.[H-].[Na+]. The van der Waals surface area contributed by atoms with Gasteiger partial charge in [-0.25, -0.2) is 0 Å². The minimum Gasteiger partial charge on any atom is -1.00 e. The summed E-state index contributed by atoms with van der Waals surface area (Å²) in [6, 6.07) is -0.788. The van der Waals surface area contributed by atoms with Crippen LogP contribution in [0.15, 0.2) is 0 Å². The van der Waals surface area contributed by atoms with Gasteiger partial charge in [-0.3, -0.25) is 4.79 Å². The molecule has 5 atom stereocenters. The molecular formula is C8H16NNaO5S. The molecule has 4 N–H and O–H groups in total. The van der Waals surface area contributed by atoms with Crippen LogP contribution < -0.4 is 34.9 Å². The Morgan fingerprint density at radius 2 is 2.06 bits per heavy atom. The Labute approximate surface area is 123 Å². The molecule has 1 fully saturated rings. The molecule has 6 nitrogen and oxygen atoms in total. The molecule has 1 aliphatic rings. The Kier molecular flexibility index (Phi) is 7.47. The minimum absolute atomic E-state index is 0. The Morgan fingerprint density at radius 1 is 1.50 bits per heavy atom. The Bertz CT molecular complexity index is 250. The van der Waals surface area contributed by atoms with E-state index in [4.69, 9.17) is 9.84 Å². The van der Waals surface area contributed by atoms with Gasteiger partial charge in [0.1, 0.15) is 23.7 Å². The third kappa shape index (κ3) is 3.85. The quantitative estimate of drug-likeness (QED) is 0.253. The third-order valence-corrected chi connectivity index (χ3v) is 2.71. The number of rotatable bonds is 2. The molecule has 0 unspecified atom stereocenters. The molecule has 90 valence electrons. The van der Waals surface area contributed by atoms with Crippen molar-refractivity contribution in [1.29, 1.82) is 0 Å². The second-order valence-electron chi connectivity index (χ2n) is 3.46. The summed E-state index contributed by atoms with van der Waals surface area (Å²) >= 11 is 4.02. The van der Waals surface area contributed by atoms with Crippen LogP contribution in [0.2, 0.25) is 0 Å². The first-order valence-corrected chi connectivity index (χ1v) is 5.06. The summed E-state index contributed by atoms with van der Waals surface area (Å²) in [6.45, 7) is 0.875. The zero-order valence-corrected chi connectivity index (χ0v) is 12.1. The number of nitrogens with one attached hydrogen (secondary N) is 1. The summed E-state index contributed by atoms with van der Waals surface area (Å²) in [6.07, 6.45) is -3.33. The molecule has 0 radical (unpaired) electrons. The van der Waals surface area contributed by atoms with E-state index in [9.17, 15) is 15.0 Å². The minimum atomic E-state index is -1.24. The van der Waals surface area contributed by atoms with Crippen molar-refractivity contribution in [3.05, 3.63) is 0 Å². The van der Waals surface area contributed by atoms with Crippen LogP contribution in [-0.4, -0.2) is 57.6 Å². The van der Waals surface area contributed by atoms with E-state index in [1.807, 2.05) is 0 Å². The average molecular weight is 261 g/mol. The summed E-state index contributed by atoms with van der Waals surface area (Å²) in [5.74, 6) is -0.351. The van der Waals surface area contributed by atoms with E-state index in [1.165, 1.54) is 6.92 Å². The third-order valence-electron chi connectivity index (χ3n) is 2.27. The Morgan fingerprint density at radius 3 is 2.50 bits per heavy atom. The number of amides is 1. The van der Waals surface area contributed by atoms with Gasteiger partial charge in [-0.1, -0.05) is 0 Å². The first-order valence-electron chi connectivity index (χ1n) is 4.55. The number of aliphatic hydroxyl groups excluding tert-OH is 3. The van der Waals surface area contributed by atoms with Crippen molar-refractivity contribution in [2.45, 2.75) is 36.7 Å². The van der Waals surface area contributed by atoms with Crippen LogP contribution in [0.3, 0.4) is 0 Å². The van der Waals surface area contributed by atoms with Crippen molar-refractivity contribution in [3.63, 3.8) is 0 Å². The van der Waals surface area contributed by atoms with Gasteiger partial charge in [-0.15, -0.1) is 12.6 Å². The van der Waals surface area contributed by atoms with E-state index in [0.29, 0.717) is 0 Å². The van der Waals surface area contributed by atoms with Crippen molar-refractivity contribution in [2.24, 2.45) is 0 Å². The van der Waals surface area contributed by atoms with E-state index in [2.05, 4.69) is 17.9 Å². The zero-order chi connectivity index (χ0) is 11.6. The summed E-state index contributed by atoms with van der Waals surface area (Å²) in [5, 5.41) is 30.4. The van der Waals surface area contributed by atoms with E-state index in [1.54, 1.807) is 0 Å². The van der Waals surface area contributed by atoms with Gasteiger partial charge in [-0.05, 0) is 0 Å². The number of ether oxygens (including phenoxy) is 1. The molecule has 0 saturated carbocycles. The van der Waals surface area contributed by atoms with E-state index >= 15 is 0 Å². The smallest absolute Gasteiger partial charge is 1.00 e. The predicted molar refractivity (Wildman–Crippen MR) is 55.5 cm³/mol. The number of aliphatic hydroxyl groups is 3. The molecular weight excluding hydrogens is 245 g/mol. The maximum absolute atomic E-state index is 10.8. The van der Waals surface area contributed by atoms with Crippen LogP contribution in [0.4, 0.5) is 0 Å². The predicted octanol–water partition coefficient (Wildman–Crippen LogP) is -5.02.